The van der Waals surface area contributed by atoms with Crippen molar-refractivity contribution in [3.05, 3.63) is 29.8 Å². The fourth-order valence-corrected chi connectivity index (χ4v) is 2.31. The molecule has 0 heterocycles. The summed E-state index contributed by atoms with van der Waals surface area (Å²) in [6, 6.07) is 7.43. The summed E-state index contributed by atoms with van der Waals surface area (Å²) in [6.07, 6.45) is -0.652. The van der Waals surface area contributed by atoms with E-state index in [1.54, 1.807) is 0 Å². The van der Waals surface area contributed by atoms with Crippen LogP contribution in [0.25, 0.3) is 0 Å². The lowest BCUT2D eigenvalue weighted by atomic mass is 9.96. The summed E-state index contributed by atoms with van der Waals surface area (Å²) in [7, 11) is 0. The Hall–Kier alpha value is -2.28. The highest BCUT2D eigenvalue weighted by Gasteiger charge is 2.20. The zero-order chi connectivity index (χ0) is 21.2. The Morgan fingerprint density at radius 2 is 1.86 bits per heavy atom. The third-order valence-electron chi connectivity index (χ3n) is 3.77. The van der Waals surface area contributed by atoms with Gasteiger partial charge in [0.2, 0.25) is 5.91 Å². The molecule has 0 aliphatic rings. The van der Waals surface area contributed by atoms with Crippen LogP contribution in [0.5, 0.6) is 5.75 Å². The molecule has 1 aromatic rings. The van der Waals surface area contributed by atoms with Gasteiger partial charge in [-0.15, -0.1) is 0 Å². The van der Waals surface area contributed by atoms with Gasteiger partial charge in [-0.2, -0.15) is 0 Å². The van der Waals surface area contributed by atoms with Gasteiger partial charge in [-0.3, -0.25) is 9.79 Å². The number of guanidine groups is 1. The second-order valence-electron chi connectivity index (χ2n) is 7.91. The Balaban J connectivity index is 2.58. The Kier molecular flexibility index (Phi) is 9.79. The van der Waals surface area contributed by atoms with E-state index in [2.05, 4.69) is 20.9 Å². The van der Waals surface area contributed by atoms with E-state index in [0.29, 0.717) is 25.6 Å². The zero-order valence-electron chi connectivity index (χ0n) is 18.0. The highest BCUT2D eigenvalue weighted by Crippen LogP contribution is 2.20. The van der Waals surface area contributed by atoms with Gasteiger partial charge in [0.15, 0.2) is 5.96 Å². The molecule has 0 aliphatic heterocycles. The largest absolute Gasteiger partial charge is 0.491 e. The van der Waals surface area contributed by atoms with Crippen LogP contribution in [-0.4, -0.2) is 49.3 Å². The van der Waals surface area contributed by atoms with Crippen molar-refractivity contribution in [1.82, 2.24) is 16.0 Å². The molecular formula is C21H36N4O3. The van der Waals surface area contributed by atoms with Crippen molar-refractivity contribution < 1.29 is 14.6 Å². The number of benzene rings is 1. The van der Waals surface area contributed by atoms with E-state index in [-0.39, 0.29) is 18.6 Å². The topological polar surface area (TPSA) is 95.0 Å². The Labute approximate surface area is 169 Å². The molecule has 0 radical (unpaired) electrons. The van der Waals surface area contributed by atoms with Crippen LogP contribution in [0.4, 0.5) is 0 Å². The molecule has 0 fully saturated rings. The molecule has 0 bridgehead atoms. The van der Waals surface area contributed by atoms with Crippen molar-refractivity contribution >= 4 is 11.9 Å². The SMILES string of the molecule is CCNC(=NCC(O)c1cccc(OC(C)C)c1)NCCNC(=O)C(C)(C)C. The van der Waals surface area contributed by atoms with E-state index in [1.807, 2.05) is 65.8 Å². The molecule has 1 amide bonds. The van der Waals surface area contributed by atoms with Gasteiger partial charge in [0, 0.05) is 25.0 Å². The molecular weight excluding hydrogens is 356 g/mol. The first kappa shape index (κ1) is 23.8. The number of nitrogens with zero attached hydrogens (tertiary/aromatic N) is 1. The average Bonchev–Trinajstić information content (AvgIpc) is 2.61. The fraction of sp³-hybridized carbons (Fsp3) is 0.619. The lowest BCUT2D eigenvalue weighted by Gasteiger charge is -2.18. The van der Waals surface area contributed by atoms with Crippen LogP contribution in [0.15, 0.2) is 29.3 Å². The normalized spacial score (nSPS) is 13.2. The lowest BCUT2D eigenvalue weighted by Crippen LogP contribution is -2.43. The van der Waals surface area contributed by atoms with E-state index < -0.39 is 11.5 Å². The molecule has 0 aromatic heterocycles. The van der Waals surface area contributed by atoms with Crippen LogP contribution in [0.3, 0.4) is 0 Å². The number of carbonyl (C=O) groups is 1. The van der Waals surface area contributed by atoms with Crippen LogP contribution in [0.1, 0.15) is 53.2 Å². The van der Waals surface area contributed by atoms with Crippen LogP contribution in [0.2, 0.25) is 0 Å². The summed E-state index contributed by atoms with van der Waals surface area (Å²) in [5, 5.41) is 19.6. The van der Waals surface area contributed by atoms with Gasteiger partial charge < -0.3 is 25.8 Å². The van der Waals surface area contributed by atoms with Crippen LogP contribution in [-0.2, 0) is 4.79 Å². The number of nitrogens with one attached hydrogen (secondary N) is 3. The molecule has 7 nitrogen and oxygen atoms in total. The number of ether oxygens (including phenoxy) is 1. The van der Waals surface area contributed by atoms with Crippen molar-refractivity contribution in [2.75, 3.05) is 26.2 Å². The third kappa shape index (κ3) is 9.08. The summed E-state index contributed by atoms with van der Waals surface area (Å²) < 4.78 is 5.67. The molecule has 1 unspecified atom stereocenters. The summed E-state index contributed by atoms with van der Waals surface area (Å²) in [6.45, 7) is 13.5. The minimum atomic E-state index is -0.730. The van der Waals surface area contributed by atoms with E-state index in [9.17, 15) is 9.90 Å². The number of hydrogen-bond donors (Lipinski definition) is 4. The minimum Gasteiger partial charge on any atom is -0.491 e. The zero-order valence-corrected chi connectivity index (χ0v) is 18.0. The monoisotopic (exact) mass is 392 g/mol. The molecule has 158 valence electrons. The second-order valence-corrected chi connectivity index (χ2v) is 7.91. The van der Waals surface area contributed by atoms with Crippen molar-refractivity contribution in [2.45, 2.75) is 53.8 Å². The summed E-state index contributed by atoms with van der Waals surface area (Å²) >= 11 is 0. The van der Waals surface area contributed by atoms with Crippen molar-refractivity contribution in [3.8, 4) is 5.75 Å². The van der Waals surface area contributed by atoms with E-state index in [1.165, 1.54) is 0 Å². The average molecular weight is 393 g/mol. The molecule has 28 heavy (non-hydrogen) atoms. The molecule has 1 aromatic carbocycles. The maximum atomic E-state index is 11.9. The smallest absolute Gasteiger partial charge is 0.225 e. The standard InChI is InChI=1S/C21H36N4O3/c1-7-22-20(24-12-11-23-19(27)21(4,5)6)25-14-18(26)16-9-8-10-17(13-16)28-15(2)3/h8-10,13,15,18,26H,7,11-12,14H2,1-6H3,(H,23,27)(H2,22,24,25). The van der Waals surface area contributed by atoms with E-state index >= 15 is 0 Å². The second kappa shape index (κ2) is 11.5. The summed E-state index contributed by atoms with van der Waals surface area (Å²) in [5.74, 6) is 1.34. The molecule has 0 aliphatic carbocycles. The summed E-state index contributed by atoms with van der Waals surface area (Å²) in [5.41, 5.74) is 0.353. The molecule has 4 N–H and O–H groups in total. The first-order chi connectivity index (χ1) is 13.1. The van der Waals surface area contributed by atoms with Crippen LogP contribution < -0.4 is 20.7 Å². The van der Waals surface area contributed by atoms with Gasteiger partial charge in [0.1, 0.15) is 5.75 Å². The number of hydrogen-bond acceptors (Lipinski definition) is 4. The predicted octanol–water partition coefficient (Wildman–Crippen LogP) is 2.22. The number of rotatable bonds is 9. The predicted molar refractivity (Wildman–Crippen MR) is 114 cm³/mol. The van der Waals surface area contributed by atoms with Gasteiger partial charge in [-0.25, -0.2) is 0 Å². The third-order valence-corrected chi connectivity index (χ3v) is 3.77. The molecule has 1 atom stereocenters. The summed E-state index contributed by atoms with van der Waals surface area (Å²) in [4.78, 5) is 16.3. The maximum absolute atomic E-state index is 11.9. The van der Waals surface area contributed by atoms with Gasteiger partial charge in [-0.1, -0.05) is 32.9 Å². The lowest BCUT2D eigenvalue weighted by molar-refractivity contribution is -0.128. The Morgan fingerprint density at radius 1 is 1.18 bits per heavy atom. The highest BCUT2D eigenvalue weighted by atomic mass is 16.5. The van der Waals surface area contributed by atoms with E-state index in [0.717, 1.165) is 11.3 Å². The van der Waals surface area contributed by atoms with Crippen LogP contribution >= 0.6 is 0 Å². The number of aliphatic imine (C=N–C) groups is 1. The maximum Gasteiger partial charge on any atom is 0.225 e. The van der Waals surface area contributed by atoms with E-state index in [4.69, 9.17) is 4.74 Å². The van der Waals surface area contributed by atoms with Crippen molar-refractivity contribution in [2.24, 2.45) is 10.4 Å². The number of aliphatic hydroxyl groups excluding tert-OH is 1. The molecule has 0 spiro atoms. The van der Waals surface area contributed by atoms with Gasteiger partial charge >= 0.3 is 0 Å². The van der Waals surface area contributed by atoms with Crippen LogP contribution in [0, 0.1) is 5.41 Å². The van der Waals surface area contributed by atoms with Gasteiger partial charge in [0.05, 0.1) is 18.8 Å². The number of amides is 1. The first-order valence-corrected chi connectivity index (χ1v) is 9.88. The fourth-order valence-electron chi connectivity index (χ4n) is 2.31. The minimum absolute atomic E-state index is 0.00941. The number of carbonyl (C=O) groups excluding carboxylic acids is 1. The molecule has 0 saturated heterocycles. The quantitative estimate of drug-likeness (QED) is 0.294. The first-order valence-electron chi connectivity index (χ1n) is 9.88. The molecule has 1 rings (SSSR count). The Bertz CT molecular complexity index is 639. The molecule has 0 saturated carbocycles. The Morgan fingerprint density at radius 3 is 2.46 bits per heavy atom. The van der Waals surface area contributed by atoms with Crippen molar-refractivity contribution in [1.29, 1.82) is 0 Å². The van der Waals surface area contributed by atoms with Crippen molar-refractivity contribution in [3.63, 3.8) is 0 Å². The van der Waals surface area contributed by atoms with Gasteiger partial charge in [-0.05, 0) is 38.5 Å². The molecule has 7 heteroatoms. The highest BCUT2D eigenvalue weighted by molar-refractivity contribution is 5.81. The number of aliphatic hydroxyl groups is 1. The van der Waals surface area contributed by atoms with Gasteiger partial charge in [0.25, 0.3) is 0 Å².